The van der Waals surface area contributed by atoms with Crippen LogP contribution >= 0.6 is 11.6 Å². The molecule has 0 bridgehead atoms. The molecule has 3 heteroatoms. The van der Waals surface area contributed by atoms with Gasteiger partial charge < -0.3 is 4.74 Å². The first-order valence-electron chi connectivity index (χ1n) is 10.6. The van der Waals surface area contributed by atoms with Crippen LogP contribution in [0, 0.1) is 23.6 Å². The Morgan fingerprint density at radius 2 is 1.93 bits per heavy atom. The van der Waals surface area contributed by atoms with Crippen molar-refractivity contribution >= 4 is 17.2 Å². The van der Waals surface area contributed by atoms with E-state index in [0.29, 0.717) is 12.2 Å². The summed E-state index contributed by atoms with van der Waals surface area (Å²) in [5.41, 5.74) is 2.70. The van der Waals surface area contributed by atoms with Crippen LogP contribution in [0.15, 0.2) is 30.9 Å². The first-order valence-corrected chi connectivity index (χ1v) is 10.9. The van der Waals surface area contributed by atoms with E-state index in [9.17, 15) is 4.39 Å². The molecule has 1 heterocycles. The molecule has 4 rings (SSSR count). The molecule has 0 aromatic heterocycles. The second-order valence-electron chi connectivity index (χ2n) is 8.56. The maximum absolute atomic E-state index is 14.6. The molecule has 1 aliphatic heterocycles. The lowest BCUT2D eigenvalue weighted by atomic mass is 9.70. The minimum atomic E-state index is -0.294. The van der Waals surface area contributed by atoms with Crippen LogP contribution in [0.25, 0.3) is 5.57 Å². The van der Waals surface area contributed by atoms with E-state index < -0.39 is 0 Å². The number of rotatable bonds is 6. The van der Waals surface area contributed by atoms with Crippen molar-refractivity contribution in [2.45, 2.75) is 63.9 Å². The minimum absolute atomic E-state index is 0.0946. The Labute approximate surface area is 167 Å². The van der Waals surface area contributed by atoms with Crippen LogP contribution < -0.4 is 0 Å². The molecule has 1 aromatic carbocycles. The zero-order valence-corrected chi connectivity index (χ0v) is 16.8. The highest BCUT2D eigenvalue weighted by Gasteiger charge is 2.31. The van der Waals surface area contributed by atoms with Crippen molar-refractivity contribution in [1.82, 2.24) is 0 Å². The van der Waals surface area contributed by atoms with Crippen LogP contribution in [-0.4, -0.2) is 6.61 Å². The molecule has 2 aliphatic carbocycles. The Balaban J connectivity index is 1.36. The Morgan fingerprint density at radius 1 is 1.15 bits per heavy atom. The van der Waals surface area contributed by atoms with E-state index >= 15 is 0 Å². The molecule has 27 heavy (non-hydrogen) atoms. The zero-order valence-electron chi connectivity index (χ0n) is 16.1. The van der Waals surface area contributed by atoms with Gasteiger partial charge in [-0.1, -0.05) is 48.7 Å². The highest BCUT2D eigenvalue weighted by atomic mass is 35.5. The summed E-state index contributed by atoms with van der Waals surface area (Å²) in [6, 6.07) is 3.84. The van der Waals surface area contributed by atoms with Gasteiger partial charge in [0, 0.05) is 5.56 Å². The predicted molar refractivity (Wildman–Crippen MR) is 110 cm³/mol. The first kappa shape index (κ1) is 19.2. The molecule has 0 spiro atoms. The van der Waals surface area contributed by atoms with Gasteiger partial charge in [0.05, 0.1) is 11.6 Å². The molecule has 2 atom stereocenters. The van der Waals surface area contributed by atoms with E-state index in [0.717, 1.165) is 42.6 Å². The van der Waals surface area contributed by atoms with Gasteiger partial charge in [0.2, 0.25) is 0 Å². The maximum Gasteiger partial charge on any atom is 0.148 e. The Morgan fingerprint density at radius 3 is 2.56 bits per heavy atom. The lowest BCUT2D eigenvalue weighted by Crippen LogP contribution is -2.23. The summed E-state index contributed by atoms with van der Waals surface area (Å²) >= 11 is 6.37. The van der Waals surface area contributed by atoms with E-state index in [1.807, 2.05) is 12.1 Å². The molecule has 2 unspecified atom stereocenters. The Kier molecular flexibility index (Phi) is 6.04. The smallest absolute Gasteiger partial charge is 0.148 e. The number of benzene rings is 1. The molecule has 1 saturated heterocycles. The Hall–Kier alpha value is -1.12. The van der Waals surface area contributed by atoms with Crippen LogP contribution in [-0.2, 0) is 4.74 Å². The van der Waals surface area contributed by atoms with Crippen molar-refractivity contribution in [3.8, 4) is 0 Å². The fourth-order valence-corrected chi connectivity index (χ4v) is 5.41. The lowest BCUT2D eigenvalue weighted by molar-refractivity contribution is 0.190. The summed E-state index contributed by atoms with van der Waals surface area (Å²) in [5, 5.41) is 0.274. The summed E-state index contributed by atoms with van der Waals surface area (Å²) in [5.74, 6) is 2.27. The van der Waals surface area contributed by atoms with Crippen LogP contribution in [0.4, 0.5) is 4.39 Å². The highest BCUT2D eigenvalue weighted by molar-refractivity contribution is 6.32. The fraction of sp³-hybridized carbons (Fsp3) is 0.583. The lowest BCUT2D eigenvalue weighted by Gasteiger charge is -2.35. The molecule has 1 nitrogen and oxygen atoms in total. The van der Waals surface area contributed by atoms with Crippen LogP contribution in [0.5, 0.6) is 0 Å². The summed E-state index contributed by atoms with van der Waals surface area (Å²) in [6.07, 6.45) is 15.6. The van der Waals surface area contributed by atoms with Crippen molar-refractivity contribution in [3.05, 3.63) is 52.8 Å². The zero-order chi connectivity index (χ0) is 18.8. The molecule has 1 aromatic rings. The second kappa shape index (κ2) is 8.49. The van der Waals surface area contributed by atoms with Crippen LogP contribution in [0.1, 0.15) is 75.0 Å². The molecule has 0 radical (unpaired) electrons. The summed E-state index contributed by atoms with van der Waals surface area (Å²) in [7, 11) is 0. The number of hydrogen-bond acceptors (Lipinski definition) is 1. The number of hydrogen-bond donors (Lipinski definition) is 0. The van der Waals surface area contributed by atoms with E-state index in [1.54, 1.807) is 0 Å². The molecule has 3 aliphatic rings. The van der Waals surface area contributed by atoms with E-state index in [1.165, 1.54) is 44.1 Å². The third-order valence-electron chi connectivity index (χ3n) is 6.93. The third-order valence-corrected chi connectivity index (χ3v) is 7.30. The molecule has 2 fully saturated rings. The van der Waals surface area contributed by atoms with Gasteiger partial charge in [-0.25, -0.2) is 4.39 Å². The monoisotopic (exact) mass is 388 g/mol. The van der Waals surface area contributed by atoms with Crippen LogP contribution in [0.2, 0.25) is 5.02 Å². The predicted octanol–water partition coefficient (Wildman–Crippen LogP) is 7.51. The van der Waals surface area contributed by atoms with E-state index in [4.69, 9.17) is 16.3 Å². The van der Waals surface area contributed by atoms with Crippen molar-refractivity contribution in [3.63, 3.8) is 0 Å². The number of ether oxygens (including phenoxy) is 1. The molecule has 1 saturated carbocycles. The van der Waals surface area contributed by atoms with Crippen LogP contribution in [0.3, 0.4) is 0 Å². The van der Waals surface area contributed by atoms with Gasteiger partial charge in [-0.05, 0) is 73.8 Å². The van der Waals surface area contributed by atoms with Crippen molar-refractivity contribution < 1.29 is 9.13 Å². The fourth-order valence-electron chi connectivity index (χ4n) is 5.12. The SMILES string of the molecule is C=CCCC1CCC(C2CC=C(c3ccc(C4CO4)c(F)c3Cl)CC2)CC1. The quantitative estimate of drug-likeness (QED) is 0.363. The average Bonchev–Trinajstić information content (AvgIpc) is 3.54. The number of epoxide rings is 1. The second-order valence-corrected chi connectivity index (χ2v) is 8.94. The summed E-state index contributed by atoms with van der Waals surface area (Å²) in [6.45, 7) is 4.45. The standard InChI is InChI=1S/C24H30ClFO/c1-2-3-4-16-5-7-17(8-6-16)18-9-11-19(12-10-18)20-13-14-21(22-15-27-22)24(26)23(20)25/h2,11,13-14,16-18,22H,1,3-10,12,15H2. The maximum atomic E-state index is 14.6. The Bertz CT molecular complexity index is 713. The van der Waals surface area contributed by atoms with E-state index in [-0.39, 0.29) is 16.9 Å². The van der Waals surface area contributed by atoms with Gasteiger partial charge in [0.25, 0.3) is 0 Å². The molecule has 0 N–H and O–H groups in total. The summed E-state index contributed by atoms with van der Waals surface area (Å²) in [4.78, 5) is 0. The van der Waals surface area contributed by atoms with Gasteiger partial charge in [0.1, 0.15) is 11.9 Å². The first-order chi connectivity index (χ1) is 13.2. The molecule has 0 amide bonds. The molecule has 146 valence electrons. The van der Waals surface area contributed by atoms with E-state index in [2.05, 4.69) is 18.7 Å². The van der Waals surface area contributed by atoms with Gasteiger partial charge in [-0.3, -0.25) is 0 Å². The largest absolute Gasteiger partial charge is 0.368 e. The third kappa shape index (κ3) is 4.32. The average molecular weight is 389 g/mol. The highest BCUT2D eigenvalue weighted by Crippen LogP contribution is 2.44. The van der Waals surface area contributed by atoms with Gasteiger partial charge >= 0.3 is 0 Å². The normalized spacial score (nSPS) is 30.7. The van der Waals surface area contributed by atoms with Crippen molar-refractivity contribution in [1.29, 1.82) is 0 Å². The van der Waals surface area contributed by atoms with Gasteiger partial charge in [0.15, 0.2) is 0 Å². The van der Waals surface area contributed by atoms with Gasteiger partial charge in [-0.2, -0.15) is 0 Å². The number of halogens is 2. The molecular formula is C24H30ClFO. The number of allylic oxidation sites excluding steroid dienone is 3. The minimum Gasteiger partial charge on any atom is -0.368 e. The van der Waals surface area contributed by atoms with Crippen molar-refractivity contribution in [2.75, 3.05) is 6.61 Å². The topological polar surface area (TPSA) is 12.5 Å². The molecular weight excluding hydrogens is 359 g/mol. The summed E-state index contributed by atoms with van der Waals surface area (Å²) < 4.78 is 19.8. The van der Waals surface area contributed by atoms with Crippen molar-refractivity contribution in [2.24, 2.45) is 17.8 Å². The van der Waals surface area contributed by atoms with Gasteiger partial charge in [-0.15, -0.1) is 6.58 Å².